The summed E-state index contributed by atoms with van der Waals surface area (Å²) in [5.41, 5.74) is 2.11. The number of aryl methyl sites for hydroxylation is 1. The molecule has 0 aliphatic carbocycles. The highest BCUT2D eigenvalue weighted by atomic mass is 16.4. The molecule has 0 atom stereocenters. The minimum absolute atomic E-state index is 0.219. The molecule has 0 unspecified atom stereocenters. The maximum Gasteiger partial charge on any atom is 0.293 e. The van der Waals surface area contributed by atoms with E-state index in [4.69, 9.17) is 4.42 Å². The van der Waals surface area contributed by atoms with Crippen molar-refractivity contribution in [1.82, 2.24) is 0 Å². The lowest BCUT2D eigenvalue weighted by Gasteiger charge is -2.05. The summed E-state index contributed by atoms with van der Waals surface area (Å²) in [6.45, 7) is 2.22. The van der Waals surface area contributed by atoms with Gasteiger partial charge in [-0.05, 0) is 36.6 Å². The summed E-state index contributed by atoms with van der Waals surface area (Å²) in [6.07, 6.45) is 6.17. The number of hydrogen-bond donors (Lipinski definition) is 2. The molecule has 2 aromatic rings. The second-order valence-electron chi connectivity index (χ2n) is 5.45. The van der Waals surface area contributed by atoms with Crippen LogP contribution in [0.2, 0.25) is 0 Å². The predicted molar refractivity (Wildman–Crippen MR) is 88.5 cm³/mol. The molecule has 0 saturated carbocycles. The van der Waals surface area contributed by atoms with E-state index >= 15 is 0 Å². The molecule has 0 spiro atoms. The zero-order valence-corrected chi connectivity index (χ0v) is 13.4. The van der Waals surface area contributed by atoms with E-state index in [1.165, 1.54) is 31.2 Å². The summed E-state index contributed by atoms with van der Waals surface area (Å²) >= 11 is 0. The normalized spacial score (nSPS) is 10.6. The van der Waals surface area contributed by atoms with Gasteiger partial charge in [0.25, 0.3) is 11.8 Å². The van der Waals surface area contributed by atoms with Crippen molar-refractivity contribution in [3.05, 3.63) is 47.7 Å². The van der Waals surface area contributed by atoms with E-state index in [1.54, 1.807) is 12.1 Å². The Hall–Kier alpha value is -2.07. The van der Waals surface area contributed by atoms with Crippen molar-refractivity contribution in [3.8, 4) is 0 Å². The van der Waals surface area contributed by atoms with E-state index < -0.39 is 0 Å². The van der Waals surface area contributed by atoms with Gasteiger partial charge in [-0.3, -0.25) is 10.1 Å². The first-order valence-corrected chi connectivity index (χ1v) is 8.02. The lowest BCUT2D eigenvalue weighted by molar-refractivity contribution is -0.553. The van der Waals surface area contributed by atoms with Crippen LogP contribution in [0.25, 0.3) is 0 Å². The highest BCUT2D eigenvalue weighted by Gasteiger charge is 2.12. The third-order valence-electron chi connectivity index (χ3n) is 3.67. The molecular formula is C18H25N2O2+. The van der Waals surface area contributed by atoms with Crippen molar-refractivity contribution in [3.63, 3.8) is 0 Å². The van der Waals surface area contributed by atoms with Gasteiger partial charge in [-0.2, -0.15) is 0 Å². The Kier molecular flexibility index (Phi) is 6.22. The molecule has 1 aromatic carbocycles. The number of benzene rings is 1. The summed E-state index contributed by atoms with van der Waals surface area (Å²) in [5, 5.41) is 4.68. The summed E-state index contributed by atoms with van der Waals surface area (Å²) in [4.78, 5) is 12.1. The van der Waals surface area contributed by atoms with Crippen LogP contribution >= 0.6 is 0 Å². The fraction of sp³-hybridized carbons (Fsp3) is 0.389. The van der Waals surface area contributed by atoms with Crippen molar-refractivity contribution in [2.24, 2.45) is 0 Å². The monoisotopic (exact) mass is 301 g/mol. The van der Waals surface area contributed by atoms with Gasteiger partial charge in [-0.1, -0.05) is 38.3 Å². The Morgan fingerprint density at radius 1 is 1.09 bits per heavy atom. The van der Waals surface area contributed by atoms with E-state index in [9.17, 15) is 4.79 Å². The molecule has 0 fully saturated rings. The summed E-state index contributed by atoms with van der Waals surface area (Å²) in [6, 6.07) is 11.5. The standard InChI is InChI=1S/C18H24N2O2/c1-3-4-5-6-7-14-8-10-15(11-9-14)20-18(21)16-12-13-17(19-2)22-16/h8-13,19H,3-7H2,1-2H3,(H,20,21)/p+1. The van der Waals surface area contributed by atoms with Crippen LogP contribution in [-0.2, 0) is 6.42 Å². The van der Waals surface area contributed by atoms with E-state index in [0.29, 0.717) is 11.6 Å². The number of unbranched alkanes of at least 4 members (excludes halogenated alkanes) is 3. The molecule has 1 heterocycles. The number of furan rings is 1. The smallest absolute Gasteiger partial charge is 0.293 e. The number of quaternary nitrogens is 1. The number of carbonyl (C=O) groups is 1. The van der Waals surface area contributed by atoms with Gasteiger partial charge in [0, 0.05) is 11.8 Å². The van der Waals surface area contributed by atoms with Crippen LogP contribution in [0.5, 0.6) is 0 Å². The molecular weight excluding hydrogens is 276 g/mol. The first-order chi connectivity index (χ1) is 10.7. The molecule has 3 N–H and O–H groups in total. The molecule has 0 aliphatic heterocycles. The van der Waals surface area contributed by atoms with Crippen molar-refractivity contribution in [2.45, 2.75) is 39.0 Å². The zero-order chi connectivity index (χ0) is 15.8. The Labute approximate surface area is 131 Å². The lowest BCUT2D eigenvalue weighted by Crippen LogP contribution is -2.72. The number of rotatable bonds is 8. The fourth-order valence-electron chi connectivity index (χ4n) is 2.33. The van der Waals surface area contributed by atoms with E-state index in [0.717, 1.165) is 12.1 Å². The largest absolute Gasteiger partial charge is 0.407 e. The Bertz CT molecular complexity index is 587. The topological polar surface area (TPSA) is 58.9 Å². The summed E-state index contributed by atoms with van der Waals surface area (Å²) in [5.74, 6) is 0.813. The van der Waals surface area contributed by atoms with Crippen LogP contribution in [0, 0.1) is 0 Å². The summed E-state index contributed by atoms with van der Waals surface area (Å²) in [7, 11) is 1.87. The molecule has 1 amide bonds. The van der Waals surface area contributed by atoms with Crippen molar-refractivity contribution < 1.29 is 14.5 Å². The van der Waals surface area contributed by atoms with Crippen LogP contribution in [0.1, 0.15) is 48.7 Å². The average molecular weight is 301 g/mol. The molecule has 118 valence electrons. The minimum Gasteiger partial charge on any atom is -0.407 e. The Balaban J connectivity index is 1.86. The van der Waals surface area contributed by atoms with Crippen LogP contribution in [0.15, 0.2) is 40.8 Å². The van der Waals surface area contributed by atoms with Crippen LogP contribution in [-0.4, -0.2) is 13.0 Å². The maximum absolute atomic E-state index is 12.1. The fourth-order valence-corrected chi connectivity index (χ4v) is 2.33. The van der Waals surface area contributed by atoms with Gasteiger partial charge in [0.1, 0.15) is 0 Å². The molecule has 0 saturated heterocycles. The van der Waals surface area contributed by atoms with Crippen LogP contribution < -0.4 is 10.6 Å². The highest BCUT2D eigenvalue weighted by Crippen LogP contribution is 2.15. The number of anilines is 1. The molecule has 22 heavy (non-hydrogen) atoms. The van der Waals surface area contributed by atoms with Gasteiger partial charge in [0.2, 0.25) is 0 Å². The quantitative estimate of drug-likeness (QED) is 0.733. The number of nitrogens with two attached hydrogens (primary N) is 1. The lowest BCUT2D eigenvalue weighted by atomic mass is 10.1. The maximum atomic E-state index is 12.1. The second kappa shape index (κ2) is 8.39. The van der Waals surface area contributed by atoms with Gasteiger partial charge in [0.05, 0.1) is 7.05 Å². The van der Waals surface area contributed by atoms with Gasteiger partial charge in [-0.25, -0.2) is 0 Å². The van der Waals surface area contributed by atoms with Crippen molar-refractivity contribution >= 4 is 17.5 Å². The molecule has 2 rings (SSSR count). The van der Waals surface area contributed by atoms with Crippen LogP contribution in [0.3, 0.4) is 0 Å². The van der Waals surface area contributed by atoms with Gasteiger partial charge >= 0.3 is 0 Å². The molecule has 1 aromatic heterocycles. The van der Waals surface area contributed by atoms with Crippen molar-refractivity contribution in [1.29, 1.82) is 0 Å². The third-order valence-corrected chi connectivity index (χ3v) is 3.67. The zero-order valence-electron chi connectivity index (χ0n) is 13.4. The number of carbonyl (C=O) groups excluding carboxylic acids is 1. The summed E-state index contributed by atoms with van der Waals surface area (Å²) < 4.78 is 5.40. The predicted octanol–water partition coefficient (Wildman–Crippen LogP) is 3.48. The first kappa shape index (κ1) is 16.3. The van der Waals surface area contributed by atoms with E-state index in [2.05, 4.69) is 24.4 Å². The second-order valence-corrected chi connectivity index (χ2v) is 5.45. The minimum atomic E-state index is -0.219. The Morgan fingerprint density at radius 2 is 1.86 bits per heavy atom. The van der Waals surface area contributed by atoms with Gasteiger partial charge in [-0.15, -0.1) is 0 Å². The molecule has 4 nitrogen and oxygen atoms in total. The van der Waals surface area contributed by atoms with Gasteiger partial charge in [0.15, 0.2) is 5.76 Å². The van der Waals surface area contributed by atoms with Gasteiger partial charge < -0.3 is 9.73 Å². The first-order valence-electron chi connectivity index (χ1n) is 8.02. The van der Waals surface area contributed by atoms with E-state index in [-0.39, 0.29) is 5.91 Å². The van der Waals surface area contributed by atoms with Crippen molar-refractivity contribution in [2.75, 3.05) is 12.4 Å². The molecule has 4 heteroatoms. The molecule has 0 aliphatic rings. The number of hydrogen-bond acceptors (Lipinski definition) is 2. The molecule has 0 radical (unpaired) electrons. The third kappa shape index (κ3) is 4.74. The Morgan fingerprint density at radius 3 is 2.50 bits per heavy atom. The number of nitrogens with one attached hydrogen (secondary N) is 1. The average Bonchev–Trinajstić information content (AvgIpc) is 3.02. The van der Waals surface area contributed by atoms with E-state index in [1.807, 2.05) is 24.5 Å². The SMILES string of the molecule is CCCCCCc1ccc(NC(=O)c2ccc([NH2+]C)o2)cc1. The number of amides is 1. The highest BCUT2D eigenvalue weighted by molar-refractivity contribution is 6.02. The molecule has 0 bridgehead atoms. The van der Waals surface area contributed by atoms with Crippen LogP contribution in [0.4, 0.5) is 11.6 Å².